The number of anilines is 1. The van der Waals surface area contributed by atoms with Crippen molar-refractivity contribution in [3.63, 3.8) is 0 Å². The first-order valence-corrected chi connectivity index (χ1v) is 5.31. The van der Waals surface area contributed by atoms with Crippen LogP contribution in [0.4, 0.5) is 10.2 Å². The van der Waals surface area contributed by atoms with Crippen LogP contribution in [0.25, 0.3) is 0 Å². The van der Waals surface area contributed by atoms with Crippen LogP contribution in [-0.2, 0) is 0 Å². The van der Waals surface area contributed by atoms with Crippen molar-refractivity contribution >= 4 is 17.4 Å². The molecule has 1 N–H and O–H groups in total. The summed E-state index contributed by atoms with van der Waals surface area (Å²) in [4.78, 5) is 11.3. The monoisotopic (exact) mass is 256 g/mol. The van der Waals surface area contributed by atoms with Gasteiger partial charge in [0.15, 0.2) is 11.6 Å². The minimum atomic E-state index is -0.579. The fourth-order valence-corrected chi connectivity index (χ4v) is 1.42. The van der Waals surface area contributed by atoms with Gasteiger partial charge in [0, 0.05) is 0 Å². The van der Waals surface area contributed by atoms with E-state index in [1.54, 1.807) is 20.0 Å². The lowest BCUT2D eigenvalue weighted by Crippen LogP contribution is -2.10. The molecule has 0 saturated heterocycles. The second kappa shape index (κ2) is 4.67. The summed E-state index contributed by atoms with van der Waals surface area (Å²) in [7, 11) is 0. The Balaban J connectivity index is 2.18. The lowest BCUT2D eigenvalue weighted by atomic mass is 10.3. The number of oxazole rings is 1. The second-order valence-corrected chi connectivity index (χ2v) is 3.85. The predicted octanol–water partition coefficient (Wildman–Crippen LogP) is 2.74. The molecule has 0 aliphatic heterocycles. The lowest BCUT2D eigenvalue weighted by molar-refractivity contribution is 0.452. The summed E-state index contributed by atoms with van der Waals surface area (Å²) in [5.74, 6) is 0.587. The van der Waals surface area contributed by atoms with E-state index in [4.69, 9.17) is 16.0 Å². The Kier molecular flexibility index (Phi) is 3.23. The van der Waals surface area contributed by atoms with Gasteiger partial charge in [-0.25, -0.2) is 14.4 Å². The maximum absolute atomic E-state index is 13.4. The first-order valence-electron chi connectivity index (χ1n) is 4.93. The fraction of sp³-hybridized carbons (Fsp3) is 0.300. The van der Waals surface area contributed by atoms with Crippen molar-refractivity contribution in [2.45, 2.75) is 19.9 Å². The Morgan fingerprint density at radius 2 is 2.18 bits per heavy atom. The highest BCUT2D eigenvalue weighted by atomic mass is 35.5. The molecule has 0 amide bonds. The van der Waals surface area contributed by atoms with Crippen LogP contribution in [-0.4, -0.2) is 15.0 Å². The Bertz CT molecular complexity index is 531. The zero-order chi connectivity index (χ0) is 12.4. The summed E-state index contributed by atoms with van der Waals surface area (Å²) in [5.41, 5.74) is 0. The molecule has 0 radical (unpaired) electrons. The van der Waals surface area contributed by atoms with E-state index >= 15 is 0 Å². The molecule has 2 aromatic rings. The van der Waals surface area contributed by atoms with E-state index in [0.29, 0.717) is 11.7 Å². The van der Waals surface area contributed by atoms with Crippen molar-refractivity contribution in [3.8, 4) is 0 Å². The van der Waals surface area contributed by atoms with E-state index in [9.17, 15) is 4.39 Å². The summed E-state index contributed by atoms with van der Waals surface area (Å²) >= 11 is 5.58. The number of rotatable bonds is 3. The average Bonchev–Trinajstić information content (AvgIpc) is 2.70. The van der Waals surface area contributed by atoms with Gasteiger partial charge in [-0.1, -0.05) is 0 Å². The third-order valence-electron chi connectivity index (χ3n) is 2.08. The van der Waals surface area contributed by atoms with Crippen LogP contribution < -0.4 is 5.32 Å². The van der Waals surface area contributed by atoms with Gasteiger partial charge in [0.2, 0.25) is 11.2 Å². The first kappa shape index (κ1) is 11.8. The Hall–Kier alpha value is -1.69. The summed E-state index contributed by atoms with van der Waals surface area (Å²) in [6.45, 7) is 3.56. The molecule has 17 heavy (non-hydrogen) atoms. The zero-order valence-corrected chi connectivity index (χ0v) is 9.99. The quantitative estimate of drug-likeness (QED) is 0.856. The molecule has 0 spiro atoms. The molecular formula is C10H10ClFN4O. The Morgan fingerprint density at radius 1 is 1.41 bits per heavy atom. The minimum absolute atomic E-state index is 0.0216. The van der Waals surface area contributed by atoms with Crippen LogP contribution in [0.3, 0.4) is 0 Å². The van der Waals surface area contributed by atoms with Gasteiger partial charge in [-0.05, 0) is 25.4 Å². The number of nitrogens with one attached hydrogen (secondary N) is 1. The van der Waals surface area contributed by atoms with Crippen LogP contribution in [0.1, 0.15) is 24.6 Å². The third kappa shape index (κ3) is 2.71. The average molecular weight is 257 g/mol. The van der Waals surface area contributed by atoms with E-state index in [1.165, 1.54) is 0 Å². The van der Waals surface area contributed by atoms with Crippen molar-refractivity contribution in [1.29, 1.82) is 0 Å². The molecule has 0 fully saturated rings. The number of aromatic nitrogens is 3. The highest BCUT2D eigenvalue weighted by Crippen LogP contribution is 2.20. The lowest BCUT2D eigenvalue weighted by Gasteiger charge is -2.11. The first-order chi connectivity index (χ1) is 8.06. The van der Waals surface area contributed by atoms with Gasteiger partial charge in [0.25, 0.3) is 0 Å². The van der Waals surface area contributed by atoms with Crippen LogP contribution in [0.2, 0.25) is 5.28 Å². The molecule has 0 aliphatic carbocycles. The zero-order valence-electron chi connectivity index (χ0n) is 9.24. The largest absolute Gasteiger partial charge is 0.444 e. The number of halogens is 2. The van der Waals surface area contributed by atoms with Crippen molar-refractivity contribution in [2.75, 3.05) is 5.32 Å². The van der Waals surface area contributed by atoms with Gasteiger partial charge in [-0.2, -0.15) is 4.98 Å². The number of nitrogens with zero attached hydrogens (tertiary/aromatic N) is 3. The van der Waals surface area contributed by atoms with E-state index in [0.717, 1.165) is 6.20 Å². The topological polar surface area (TPSA) is 63.8 Å². The van der Waals surface area contributed by atoms with Crippen molar-refractivity contribution in [1.82, 2.24) is 15.0 Å². The summed E-state index contributed by atoms with van der Waals surface area (Å²) < 4.78 is 18.7. The van der Waals surface area contributed by atoms with Crippen LogP contribution in [0.15, 0.2) is 16.8 Å². The molecule has 2 rings (SSSR count). The van der Waals surface area contributed by atoms with Gasteiger partial charge >= 0.3 is 0 Å². The molecule has 2 heterocycles. The highest BCUT2D eigenvalue weighted by molar-refractivity contribution is 6.28. The minimum Gasteiger partial charge on any atom is -0.444 e. The van der Waals surface area contributed by atoms with Gasteiger partial charge in [0.05, 0.1) is 12.4 Å². The van der Waals surface area contributed by atoms with Crippen LogP contribution in [0, 0.1) is 12.7 Å². The molecule has 1 atom stereocenters. The number of aryl methyl sites for hydroxylation is 1. The molecule has 1 unspecified atom stereocenters. The van der Waals surface area contributed by atoms with Gasteiger partial charge in [0.1, 0.15) is 11.8 Å². The van der Waals surface area contributed by atoms with E-state index in [1.807, 2.05) is 0 Å². The highest BCUT2D eigenvalue weighted by Gasteiger charge is 2.14. The van der Waals surface area contributed by atoms with Crippen molar-refractivity contribution < 1.29 is 8.81 Å². The van der Waals surface area contributed by atoms with Crippen LogP contribution in [0.5, 0.6) is 0 Å². The van der Waals surface area contributed by atoms with Crippen molar-refractivity contribution in [3.05, 3.63) is 35.1 Å². The van der Waals surface area contributed by atoms with Gasteiger partial charge < -0.3 is 9.73 Å². The maximum atomic E-state index is 13.4. The molecular weight excluding hydrogens is 247 g/mol. The van der Waals surface area contributed by atoms with E-state index in [2.05, 4.69) is 20.3 Å². The molecule has 5 nitrogen and oxygen atoms in total. The normalized spacial score (nSPS) is 12.5. The number of hydrogen-bond donors (Lipinski definition) is 1. The predicted molar refractivity (Wildman–Crippen MR) is 60.3 cm³/mol. The van der Waals surface area contributed by atoms with E-state index < -0.39 is 5.82 Å². The molecule has 0 aliphatic rings. The molecule has 0 bridgehead atoms. The molecule has 7 heteroatoms. The molecule has 0 aromatic carbocycles. The molecule has 90 valence electrons. The fourth-order valence-electron chi connectivity index (χ4n) is 1.29. The second-order valence-electron chi connectivity index (χ2n) is 3.51. The summed E-state index contributed by atoms with van der Waals surface area (Å²) in [6.07, 6.45) is 2.60. The third-order valence-corrected chi connectivity index (χ3v) is 2.26. The molecule has 0 saturated carbocycles. The van der Waals surface area contributed by atoms with Crippen LogP contribution >= 0.6 is 11.6 Å². The standard InChI is InChI=1S/C10H10ClFN4O/c1-5-3-13-9(17-5)6(2)15-8-7(12)4-14-10(11)16-8/h3-4,6H,1-2H3,(H,14,15,16). The summed E-state index contributed by atoms with van der Waals surface area (Å²) in [6, 6.07) is -0.316. The van der Waals surface area contributed by atoms with Gasteiger partial charge in [-0.15, -0.1) is 0 Å². The van der Waals surface area contributed by atoms with Crippen molar-refractivity contribution in [2.24, 2.45) is 0 Å². The van der Waals surface area contributed by atoms with E-state index in [-0.39, 0.29) is 17.1 Å². The maximum Gasteiger partial charge on any atom is 0.224 e. The SMILES string of the molecule is Cc1cnc(C(C)Nc2nc(Cl)ncc2F)o1. The van der Waals surface area contributed by atoms with Gasteiger partial charge in [-0.3, -0.25) is 0 Å². The smallest absolute Gasteiger partial charge is 0.224 e. The molecule has 2 aromatic heterocycles. The number of hydrogen-bond acceptors (Lipinski definition) is 5. The Morgan fingerprint density at radius 3 is 2.82 bits per heavy atom. The Labute approximate surface area is 102 Å². The summed E-state index contributed by atoms with van der Waals surface area (Å²) in [5, 5.41) is 2.79.